The maximum Gasteiger partial charge on any atom is 0.273 e. The normalized spacial score (nSPS) is 14.7. The first-order chi connectivity index (χ1) is 17.3. The van der Waals surface area contributed by atoms with E-state index in [1.807, 2.05) is 0 Å². The molecule has 0 radical (unpaired) electrons. The summed E-state index contributed by atoms with van der Waals surface area (Å²) in [6.45, 7) is 0. The van der Waals surface area contributed by atoms with Crippen molar-refractivity contribution in [3.8, 4) is 0 Å². The predicted molar refractivity (Wildman–Crippen MR) is 132 cm³/mol. The van der Waals surface area contributed by atoms with Gasteiger partial charge in [-0.1, -0.05) is 43.5 Å². The van der Waals surface area contributed by atoms with E-state index in [-0.39, 0.29) is 33.6 Å². The summed E-state index contributed by atoms with van der Waals surface area (Å²) in [5, 5.41) is 2.98. The number of primary amides is 1. The first-order valence-corrected chi connectivity index (χ1v) is 12.2. The van der Waals surface area contributed by atoms with Crippen molar-refractivity contribution in [3.63, 3.8) is 0 Å². The zero-order chi connectivity index (χ0) is 25.8. The average molecular weight is 514 g/mol. The fourth-order valence-corrected chi connectivity index (χ4v) is 5.08. The number of carbonyl (C=O) groups is 3. The van der Waals surface area contributed by atoms with Crippen LogP contribution in [0.1, 0.15) is 63.9 Å². The van der Waals surface area contributed by atoms with Crippen LogP contribution in [-0.4, -0.2) is 28.1 Å². The third-order valence-electron chi connectivity index (χ3n) is 6.13. The molecule has 1 heterocycles. The van der Waals surface area contributed by atoms with Crippen molar-refractivity contribution >= 4 is 40.6 Å². The summed E-state index contributed by atoms with van der Waals surface area (Å²) in [4.78, 5) is 40.1. The van der Waals surface area contributed by atoms with E-state index in [1.54, 1.807) is 0 Å². The topological polar surface area (TPSA) is 131 Å². The van der Waals surface area contributed by atoms with E-state index in [9.17, 15) is 18.8 Å². The van der Waals surface area contributed by atoms with E-state index in [2.05, 4.69) is 9.69 Å². The van der Waals surface area contributed by atoms with Crippen LogP contribution < -0.4 is 21.7 Å². The summed E-state index contributed by atoms with van der Waals surface area (Å²) in [7, 11) is 0. The number of rotatable bonds is 7. The maximum absolute atomic E-state index is 15.1. The molecule has 3 aromatic rings. The first-order valence-electron chi connectivity index (χ1n) is 11.5. The Bertz CT molecular complexity index is 1270. The lowest BCUT2D eigenvalue weighted by molar-refractivity contribution is -0.123. The zero-order valence-electron chi connectivity index (χ0n) is 19.2. The zero-order valence-corrected chi connectivity index (χ0v) is 20.1. The summed E-state index contributed by atoms with van der Waals surface area (Å²) in [5.41, 5.74) is 10.8. The van der Waals surface area contributed by atoms with Crippen molar-refractivity contribution in [2.24, 2.45) is 5.73 Å². The molecule has 8 nitrogen and oxygen atoms in total. The van der Waals surface area contributed by atoms with Gasteiger partial charge in [-0.05, 0) is 54.2 Å². The minimum absolute atomic E-state index is 0.110. The minimum atomic E-state index is -1.37. The quantitative estimate of drug-likeness (QED) is 0.440. The molecule has 1 aliphatic carbocycles. The summed E-state index contributed by atoms with van der Waals surface area (Å²) in [5.74, 6) is -3.63. The number of nitrogens with two attached hydrogens (primary N) is 2. The van der Waals surface area contributed by atoms with Gasteiger partial charge in [0.2, 0.25) is 5.91 Å². The molecule has 1 aliphatic rings. The molecule has 3 amide bonds. The molecule has 2 aromatic carbocycles. The highest BCUT2D eigenvalue weighted by Gasteiger charge is 2.38. The second-order valence-corrected chi connectivity index (χ2v) is 9.34. The molecule has 0 saturated heterocycles. The van der Waals surface area contributed by atoms with E-state index in [0.29, 0.717) is 11.5 Å². The standard InChI is InChI=1S/C25H25F2N5O3S/c26-15-12-10-14(11-13-15)21(24(34)30-16-6-2-1-3-7-16)32(18-9-5-4-8-17(18)27)25(35)22-19(28)20(23(29)33)31-36-22/h4-5,8-13,16,21H,1-3,6-7,28H2,(H2,29,33)(H,30,34). The van der Waals surface area contributed by atoms with Gasteiger partial charge >= 0.3 is 0 Å². The number of benzene rings is 2. The van der Waals surface area contributed by atoms with E-state index >= 15 is 4.39 Å². The monoisotopic (exact) mass is 513 g/mol. The molecule has 1 unspecified atom stereocenters. The van der Waals surface area contributed by atoms with Crippen molar-refractivity contribution in [3.05, 3.63) is 76.3 Å². The summed E-state index contributed by atoms with van der Waals surface area (Å²) in [6.07, 6.45) is 4.53. The minimum Gasteiger partial charge on any atom is -0.395 e. The number of nitrogens with one attached hydrogen (secondary N) is 1. The molecule has 0 spiro atoms. The van der Waals surface area contributed by atoms with Crippen LogP contribution in [0.25, 0.3) is 0 Å². The highest BCUT2D eigenvalue weighted by molar-refractivity contribution is 7.09. The fourth-order valence-electron chi connectivity index (χ4n) is 4.34. The Kier molecular flexibility index (Phi) is 7.58. The molecule has 1 atom stereocenters. The van der Waals surface area contributed by atoms with Crippen LogP contribution in [0.3, 0.4) is 0 Å². The molecule has 11 heteroatoms. The Hall–Kier alpha value is -3.86. The summed E-state index contributed by atoms with van der Waals surface area (Å²) in [6, 6.07) is 9.05. The van der Waals surface area contributed by atoms with E-state index < -0.39 is 35.4 Å². The van der Waals surface area contributed by atoms with Crippen molar-refractivity contribution < 1.29 is 23.2 Å². The van der Waals surface area contributed by atoms with Gasteiger partial charge in [0, 0.05) is 6.04 Å². The van der Waals surface area contributed by atoms with E-state index in [1.165, 1.54) is 30.3 Å². The number of nitrogen functional groups attached to an aromatic ring is 1. The van der Waals surface area contributed by atoms with E-state index in [4.69, 9.17) is 11.5 Å². The number of hydrogen-bond donors (Lipinski definition) is 3. The molecule has 1 aromatic heterocycles. The van der Waals surface area contributed by atoms with Gasteiger partial charge in [0.15, 0.2) is 5.69 Å². The first kappa shape index (κ1) is 25.2. The molecule has 1 fully saturated rings. The number of anilines is 2. The molecule has 36 heavy (non-hydrogen) atoms. The third-order valence-corrected chi connectivity index (χ3v) is 6.98. The van der Waals surface area contributed by atoms with Crippen LogP contribution in [0.4, 0.5) is 20.2 Å². The number of carbonyl (C=O) groups excluding carboxylic acids is 3. The van der Waals surface area contributed by atoms with Crippen molar-refractivity contribution in [1.29, 1.82) is 0 Å². The van der Waals surface area contributed by atoms with Crippen LogP contribution in [0.5, 0.6) is 0 Å². The maximum atomic E-state index is 15.1. The summed E-state index contributed by atoms with van der Waals surface area (Å²) < 4.78 is 32.7. The molecule has 4 rings (SSSR count). The molecule has 5 N–H and O–H groups in total. The van der Waals surface area contributed by atoms with Crippen LogP contribution in [-0.2, 0) is 4.79 Å². The van der Waals surface area contributed by atoms with Crippen molar-refractivity contribution in [2.45, 2.75) is 44.2 Å². The van der Waals surface area contributed by atoms with Crippen LogP contribution in [0, 0.1) is 11.6 Å². The third kappa shape index (κ3) is 5.20. The van der Waals surface area contributed by atoms with Gasteiger partial charge < -0.3 is 16.8 Å². The van der Waals surface area contributed by atoms with Gasteiger partial charge in [-0.25, -0.2) is 8.78 Å². The second kappa shape index (κ2) is 10.8. The number of nitrogens with zero attached hydrogens (tertiary/aromatic N) is 2. The SMILES string of the molecule is NC(=O)c1nsc(C(=O)N(c2ccccc2F)C(C(=O)NC2CCCCC2)c2ccc(F)cc2)c1N. The Morgan fingerprint density at radius 3 is 2.31 bits per heavy atom. The lowest BCUT2D eigenvalue weighted by Crippen LogP contribution is -2.47. The second-order valence-electron chi connectivity index (χ2n) is 8.56. The molecular weight excluding hydrogens is 488 g/mol. The fraction of sp³-hybridized carbons (Fsp3) is 0.280. The molecule has 0 bridgehead atoms. The molecule has 1 saturated carbocycles. The number of aromatic nitrogens is 1. The van der Waals surface area contributed by atoms with Gasteiger partial charge in [0.05, 0.1) is 11.4 Å². The van der Waals surface area contributed by atoms with Gasteiger partial charge in [-0.3, -0.25) is 19.3 Å². The largest absolute Gasteiger partial charge is 0.395 e. The Morgan fingerprint density at radius 2 is 1.69 bits per heavy atom. The van der Waals surface area contributed by atoms with Crippen molar-refractivity contribution in [2.75, 3.05) is 10.6 Å². The molecular formula is C25H25F2N5O3S. The highest BCUT2D eigenvalue weighted by Crippen LogP contribution is 2.35. The van der Waals surface area contributed by atoms with Gasteiger partial charge in [0.25, 0.3) is 11.8 Å². The number of para-hydroxylation sites is 1. The number of amides is 3. The summed E-state index contributed by atoms with van der Waals surface area (Å²) >= 11 is 0.623. The van der Waals surface area contributed by atoms with Crippen LogP contribution >= 0.6 is 11.5 Å². The Morgan fingerprint density at radius 1 is 1.03 bits per heavy atom. The van der Waals surface area contributed by atoms with Crippen LogP contribution in [0.2, 0.25) is 0 Å². The number of halogens is 2. The van der Waals surface area contributed by atoms with Gasteiger partial charge in [0.1, 0.15) is 22.6 Å². The van der Waals surface area contributed by atoms with E-state index in [0.717, 1.165) is 55.2 Å². The lowest BCUT2D eigenvalue weighted by atomic mass is 9.94. The smallest absolute Gasteiger partial charge is 0.273 e. The van der Waals surface area contributed by atoms with Gasteiger partial charge in [-0.2, -0.15) is 4.37 Å². The Balaban J connectivity index is 1.85. The van der Waals surface area contributed by atoms with Crippen molar-refractivity contribution in [1.82, 2.24) is 9.69 Å². The molecule has 188 valence electrons. The van der Waals surface area contributed by atoms with Gasteiger partial charge in [-0.15, -0.1) is 0 Å². The predicted octanol–water partition coefficient (Wildman–Crippen LogP) is 3.94. The highest BCUT2D eigenvalue weighted by atomic mass is 32.1. The lowest BCUT2D eigenvalue weighted by Gasteiger charge is -2.33. The van der Waals surface area contributed by atoms with Crippen LogP contribution in [0.15, 0.2) is 48.5 Å². The average Bonchev–Trinajstić information content (AvgIpc) is 3.25. The Labute approximate surface area is 210 Å². The number of hydrogen-bond acceptors (Lipinski definition) is 6. The molecule has 0 aliphatic heterocycles.